The minimum Gasteiger partial charge on any atom is -0.354 e. The van der Waals surface area contributed by atoms with E-state index in [4.69, 9.17) is 11.6 Å². The van der Waals surface area contributed by atoms with Crippen LogP contribution in [0.4, 0.5) is 18.9 Å². The van der Waals surface area contributed by atoms with Crippen LogP contribution in [-0.4, -0.2) is 36.3 Å². The van der Waals surface area contributed by atoms with Crippen molar-refractivity contribution in [3.8, 4) is 0 Å². The van der Waals surface area contributed by atoms with E-state index in [0.717, 1.165) is 12.1 Å². The van der Waals surface area contributed by atoms with Crippen molar-refractivity contribution in [1.82, 2.24) is 10.2 Å². The lowest BCUT2D eigenvalue weighted by Crippen LogP contribution is -2.51. The number of hydrogen-bond acceptors (Lipinski definition) is 3. The van der Waals surface area contributed by atoms with E-state index in [1.807, 2.05) is 0 Å². The van der Waals surface area contributed by atoms with Crippen molar-refractivity contribution >= 4 is 29.1 Å². The Morgan fingerprint density at radius 3 is 2.54 bits per heavy atom. The predicted octanol–water partition coefficient (Wildman–Crippen LogP) is 3.47. The molecule has 0 aromatic heterocycles. The Balaban J connectivity index is 1.89. The third-order valence-corrected chi connectivity index (χ3v) is 4.67. The van der Waals surface area contributed by atoms with Gasteiger partial charge in [-0.15, -0.1) is 0 Å². The summed E-state index contributed by atoms with van der Waals surface area (Å²) < 4.78 is 39.2. The first-order chi connectivity index (χ1) is 13.3. The van der Waals surface area contributed by atoms with Gasteiger partial charge in [0.2, 0.25) is 11.8 Å². The summed E-state index contributed by atoms with van der Waals surface area (Å²) in [7, 11) is 0. The Hall–Kier alpha value is -2.58. The SMILES string of the molecule is O=C1CN([C@H](C(=O)Nc2ccc(Cl)c(C(F)(F)F)c2)c2ccccc2)CCN1. The Labute approximate surface area is 164 Å². The molecule has 2 aromatic carbocycles. The van der Waals surface area contributed by atoms with Gasteiger partial charge in [-0.1, -0.05) is 41.9 Å². The summed E-state index contributed by atoms with van der Waals surface area (Å²) in [6, 6.07) is 11.1. The molecular formula is C19H17ClF3N3O2. The van der Waals surface area contributed by atoms with Crippen molar-refractivity contribution in [3.05, 3.63) is 64.7 Å². The molecule has 2 N–H and O–H groups in total. The zero-order valence-electron chi connectivity index (χ0n) is 14.6. The standard InChI is InChI=1S/C19H17ClF3N3O2/c20-15-7-6-13(10-14(15)19(21,22)23)25-18(28)17(12-4-2-1-3-5-12)26-9-8-24-16(27)11-26/h1-7,10,17H,8-9,11H2,(H,24,27)(H,25,28)/t17-/m0/s1. The van der Waals surface area contributed by atoms with Gasteiger partial charge >= 0.3 is 6.18 Å². The third kappa shape index (κ3) is 4.63. The van der Waals surface area contributed by atoms with Crippen LogP contribution < -0.4 is 10.6 Å². The average Bonchev–Trinajstić information content (AvgIpc) is 2.63. The molecule has 148 valence electrons. The molecule has 28 heavy (non-hydrogen) atoms. The summed E-state index contributed by atoms with van der Waals surface area (Å²) in [6.45, 7) is 0.836. The Kier molecular flexibility index (Phi) is 5.90. The van der Waals surface area contributed by atoms with Crippen LogP contribution in [0.15, 0.2) is 48.5 Å². The summed E-state index contributed by atoms with van der Waals surface area (Å²) in [5, 5.41) is 4.76. The van der Waals surface area contributed by atoms with Gasteiger partial charge in [0.15, 0.2) is 0 Å². The van der Waals surface area contributed by atoms with Crippen LogP contribution in [0.1, 0.15) is 17.2 Å². The van der Waals surface area contributed by atoms with Crippen LogP contribution in [0, 0.1) is 0 Å². The Bertz CT molecular complexity index is 874. The molecule has 5 nitrogen and oxygen atoms in total. The molecule has 1 saturated heterocycles. The lowest BCUT2D eigenvalue weighted by atomic mass is 10.0. The molecule has 9 heteroatoms. The number of rotatable bonds is 4. The maximum absolute atomic E-state index is 13.1. The number of amides is 2. The second-order valence-electron chi connectivity index (χ2n) is 6.32. The first kappa shape index (κ1) is 20.2. The van der Waals surface area contributed by atoms with Crippen LogP contribution in [0.5, 0.6) is 0 Å². The zero-order valence-corrected chi connectivity index (χ0v) is 15.3. The fourth-order valence-corrected chi connectivity index (χ4v) is 3.30. The topological polar surface area (TPSA) is 61.4 Å². The number of anilines is 1. The molecule has 2 amide bonds. The monoisotopic (exact) mass is 411 g/mol. The van der Waals surface area contributed by atoms with Gasteiger partial charge in [0.25, 0.3) is 0 Å². The molecule has 1 aliphatic rings. The van der Waals surface area contributed by atoms with Gasteiger partial charge < -0.3 is 10.6 Å². The van der Waals surface area contributed by atoms with E-state index >= 15 is 0 Å². The molecule has 0 spiro atoms. The second kappa shape index (κ2) is 8.20. The van der Waals surface area contributed by atoms with E-state index in [9.17, 15) is 22.8 Å². The number of nitrogens with one attached hydrogen (secondary N) is 2. The Morgan fingerprint density at radius 1 is 1.18 bits per heavy atom. The maximum Gasteiger partial charge on any atom is 0.417 e. The van der Waals surface area contributed by atoms with Crippen molar-refractivity contribution < 1.29 is 22.8 Å². The van der Waals surface area contributed by atoms with Crippen LogP contribution in [0.2, 0.25) is 5.02 Å². The number of benzene rings is 2. The average molecular weight is 412 g/mol. The number of halogens is 4. The van der Waals surface area contributed by atoms with E-state index in [1.165, 1.54) is 6.07 Å². The van der Waals surface area contributed by atoms with Gasteiger partial charge in [0, 0.05) is 18.8 Å². The highest BCUT2D eigenvalue weighted by Gasteiger charge is 2.34. The third-order valence-electron chi connectivity index (χ3n) is 4.34. The summed E-state index contributed by atoms with van der Waals surface area (Å²) in [6.07, 6.45) is -4.64. The molecule has 1 heterocycles. The molecule has 1 fully saturated rings. The van der Waals surface area contributed by atoms with Crippen molar-refractivity contribution in [2.45, 2.75) is 12.2 Å². The molecule has 1 atom stereocenters. The number of piperazine rings is 1. The lowest BCUT2D eigenvalue weighted by Gasteiger charge is -2.33. The highest BCUT2D eigenvalue weighted by Crippen LogP contribution is 2.36. The highest BCUT2D eigenvalue weighted by molar-refractivity contribution is 6.31. The van der Waals surface area contributed by atoms with Crippen molar-refractivity contribution in [3.63, 3.8) is 0 Å². The van der Waals surface area contributed by atoms with Gasteiger partial charge in [0.1, 0.15) is 6.04 Å². The second-order valence-corrected chi connectivity index (χ2v) is 6.72. The van der Waals surface area contributed by atoms with E-state index in [1.54, 1.807) is 35.2 Å². The lowest BCUT2D eigenvalue weighted by molar-refractivity contribution is -0.137. The van der Waals surface area contributed by atoms with E-state index in [2.05, 4.69) is 10.6 Å². The van der Waals surface area contributed by atoms with Crippen molar-refractivity contribution in [1.29, 1.82) is 0 Å². The van der Waals surface area contributed by atoms with Gasteiger partial charge in [0.05, 0.1) is 17.1 Å². The normalized spacial score (nSPS) is 16.4. The summed E-state index contributed by atoms with van der Waals surface area (Å²) in [5.41, 5.74) is -0.413. The molecule has 3 rings (SSSR count). The van der Waals surface area contributed by atoms with Crippen LogP contribution in [0.3, 0.4) is 0 Å². The van der Waals surface area contributed by atoms with E-state index in [0.29, 0.717) is 18.7 Å². The predicted molar refractivity (Wildman–Crippen MR) is 98.8 cm³/mol. The smallest absolute Gasteiger partial charge is 0.354 e. The molecule has 0 radical (unpaired) electrons. The van der Waals surface area contributed by atoms with Crippen LogP contribution in [-0.2, 0) is 15.8 Å². The first-order valence-corrected chi connectivity index (χ1v) is 8.87. The molecule has 0 saturated carbocycles. The minimum absolute atomic E-state index is 0.0153. The number of alkyl halides is 3. The van der Waals surface area contributed by atoms with Crippen molar-refractivity contribution in [2.24, 2.45) is 0 Å². The van der Waals surface area contributed by atoms with Crippen molar-refractivity contribution in [2.75, 3.05) is 25.0 Å². The number of carbonyl (C=O) groups excluding carboxylic acids is 2. The quantitative estimate of drug-likeness (QED) is 0.810. The van der Waals surface area contributed by atoms with Gasteiger partial charge in [-0.2, -0.15) is 13.2 Å². The summed E-state index contributed by atoms with van der Waals surface area (Å²) in [5.74, 6) is -0.748. The van der Waals surface area contributed by atoms with Crippen LogP contribution in [0.25, 0.3) is 0 Å². The molecule has 1 aliphatic heterocycles. The number of nitrogens with zero attached hydrogens (tertiary/aromatic N) is 1. The van der Waals surface area contributed by atoms with Gasteiger partial charge in [-0.3, -0.25) is 14.5 Å². The zero-order chi connectivity index (χ0) is 20.3. The summed E-state index contributed by atoms with van der Waals surface area (Å²) >= 11 is 5.63. The van der Waals surface area contributed by atoms with E-state index in [-0.39, 0.29) is 18.1 Å². The Morgan fingerprint density at radius 2 is 1.89 bits per heavy atom. The van der Waals surface area contributed by atoms with E-state index < -0.39 is 28.7 Å². The number of hydrogen-bond donors (Lipinski definition) is 2. The van der Waals surface area contributed by atoms with Crippen LogP contribution >= 0.6 is 11.6 Å². The maximum atomic E-state index is 13.1. The number of carbonyl (C=O) groups is 2. The molecule has 0 aliphatic carbocycles. The largest absolute Gasteiger partial charge is 0.417 e. The molecule has 2 aromatic rings. The molecule has 0 bridgehead atoms. The fourth-order valence-electron chi connectivity index (χ4n) is 3.07. The molecule has 0 unspecified atom stereocenters. The van der Waals surface area contributed by atoms with Gasteiger partial charge in [-0.05, 0) is 23.8 Å². The summed E-state index contributed by atoms with van der Waals surface area (Å²) in [4.78, 5) is 26.4. The molecular weight excluding hydrogens is 395 g/mol. The first-order valence-electron chi connectivity index (χ1n) is 8.49. The van der Waals surface area contributed by atoms with Gasteiger partial charge in [-0.25, -0.2) is 0 Å². The fraction of sp³-hybridized carbons (Fsp3) is 0.263. The minimum atomic E-state index is -4.64. The highest BCUT2D eigenvalue weighted by atomic mass is 35.5.